The van der Waals surface area contributed by atoms with Crippen molar-refractivity contribution >= 4 is 5.91 Å². The van der Waals surface area contributed by atoms with E-state index in [-0.39, 0.29) is 12.5 Å². The predicted molar refractivity (Wildman–Crippen MR) is 110 cm³/mol. The molecule has 0 fully saturated rings. The van der Waals surface area contributed by atoms with Gasteiger partial charge >= 0.3 is 5.69 Å². The second-order valence-electron chi connectivity index (χ2n) is 6.73. The number of hydrogen-bond donors (Lipinski definition) is 0. The van der Waals surface area contributed by atoms with E-state index >= 15 is 0 Å². The molecule has 3 aromatic rings. The van der Waals surface area contributed by atoms with Gasteiger partial charge in [0.1, 0.15) is 12.3 Å². The van der Waals surface area contributed by atoms with E-state index in [1.807, 2.05) is 54.6 Å². The van der Waals surface area contributed by atoms with E-state index in [0.29, 0.717) is 13.1 Å². The molecule has 0 aliphatic rings. The zero-order valence-corrected chi connectivity index (χ0v) is 16.4. The number of hydrogen-bond acceptors (Lipinski definition) is 4. The summed E-state index contributed by atoms with van der Waals surface area (Å²) in [6.07, 6.45) is 1.46. The number of likely N-dealkylation sites (N-methyl/N-ethyl adjacent to an activating group) is 1. The maximum absolute atomic E-state index is 12.7. The number of aromatic nitrogens is 2. The van der Waals surface area contributed by atoms with Gasteiger partial charge in [-0.05, 0) is 23.3 Å². The Labute approximate surface area is 168 Å². The molecule has 150 valence electrons. The Balaban J connectivity index is 1.74. The molecule has 0 saturated carbocycles. The Kier molecular flexibility index (Phi) is 6.29. The summed E-state index contributed by atoms with van der Waals surface area (Å²) in [5, 5.41) is 0. The van der Waals surface area contributed by atoms with Gasteiger partial charge in [0.2, 0.25) is 5.91 Å². The molecule has 0 saturated heterocycles. The molecule has 0 bridgehead atoms. The minimum Gasteiger partial charge on any atom is -0.497 e. The highest BCUT2D eigenvalue weighted by Crippen LogP contribution is 2.12. The van der Waals surface area contributed by atoms with Crippen molar-refractivity contribution in [2.24, 2.45) is 0 Å². The molecule has 0 atom stereocenters. The molecule has 1 heterocycles. The molecule has 0 spiro atoms. The molecule has 29 heavy (non-hydrogen) atoms. The SMILES string of the molecule is COc1ccc(CN(C)C(=O)Cn2c(=O)ccn(Cc3ccccc3)c2=O)cc1. The van der Waals surface area contributed by atoms with Gasteiger partial charge < -0.3 is 9.64 Å². The van der Waals surface area contributed by atoms with Gasteiger partial charge in [-0.15, -0.1) is 0 Å². The summed E-state index contributed by atoms with van der Waals surface area (Å²) < 4.78 is 7.52. The number of amides is 1. The van der Waals surface area contributed by atoms with Crippen molar-refractivity contribution < 1.29 is 9.53 Å². The molecule has 2 aromatic carbocycles. The molecule has 0 aliphatic heterocycles. The third-order valence-electron chi connectivity index (χ3n) is 4.63. The Morgan fingerprint density at radius 3 is 2.31 bits per heavy atom. The van der Waals surface area contributed by atoms with Gasteiger partial charge in [0.15, 0.2) is 0 Å². The maximum atomic E-state index is 12.7. The molecule has 7 nitrogen and oxygen atoms in total. The molecular weight excluding hydrogens is 370 g/mol. The van der Waals surface area contributed by atoms with E-state index in [4.69, 9.17) is 4.74 Å². The fourth-order valence-electron chi connectivity index (χ4n) is 2.95. The fourth-order valence-corrected chi connectivity index (χ4v) is 2.95. The van der Waals surface area contributed by atoms with E-state index in [1.165, 1.54) is 21.7 Å². The highest BCUT2D eigenvalue weighted by Gasteiger charge is 2.14. The zero-order chi connectivity index (χ0) is 20.8. The fraction of sp³-hybridized carbons (Fsp3) is 0.227. The first-order valence-corrected chi connectivity index (χ1v) is 9.19. The molecular formula is C22H23N3O4. The van der Waals surface area contributed by atoms with E-state index in [0.717, 1.165) is 21.4 Å². The van der Waals surface area contributed by atoms with Crippen LogP contribution in [0.2, 0.25) is 0 Å². The molecule has 7 heteroatoms. The predicted octanol–water partition coefficient (Wildman–Crippen LogP) is 1.73. The van der Waals surface area contributed by atoms with Crippen LogP contribution in [0.25, 0.3) is 0 Å². The molecule has 0 unspecified atom stereocenters. The Bertz CT molecular complexity index is 1090. The lowest BCUT2D eigenvalue weighted by atomic mass is 10.2. The summed E-state index contributed by atoms with van der Waals surface area (Å²) >= 11 is 0. The van der Waals surface area contributed by atoms with Crippen LogP contribution in [0, 0.1) is 0 Å². The number of nitrogens with zero attached hydrogens (tertiary/aromatic N) is 3. The monoisotopic (exact) mass is 393 g/mol. The van der Waals surface area contributed by atoms with E-state index in [1.54, 1.807) is 14.2 Å². The summed E-state index contributed by atoms with van der Waals surface area (Å²) in [6.45, 7) is 0.387. The number of carbonyl (C=O) groups excluding carboxylic acids is 1. The van der Waals surface area contributed by atoms with Crippen molar-refractivity contribution in [2.75, 3.05) is 14.2 Å². The lowest BCUT2D eigenvalue weighted by Crippen LogP contribution is -2.43. The number of ether oxygens (including phenoxy) is 1. The smallest absolute Gasteiger partial charge is 0.331 e. The van der Waals surface area contributed by atoms with Crippen LogP contribution in [0.5, 0.6) is 5.75 Å². The Hall–Kier alpha value is -3.61. The van der Waals surface area contributed by atoms with Crippen LogP contribution in [0.15, 0.2) is 76.4 Å². The summed E-state index contributed by atoms with van der Waals surface area (Å²) in [5.41, 5.74) is 0.851. The zero-order valence-electron chi connectivity index (χ0n) is 16.4. The average molecular weight is 393 g/mol. The van der Waals surface area contributed by atoms with Crippen LogP contribution < -0.4 is 16.0 Å². The van der Waals surface area contributed by atoms with Crippen molar-refractivity contribution in [3.05, 3.63) is 98.8 Å². The second-order valence-corrected chi connectivity index (χ2v) is 6.73. The van der Waals surface area contributed by atoms with E-state index in [2.05, 4.69) is 0 Å². The van der Waals surface area contributed by atoms with Gasteiger partial charge in [0.25, 0.3) is 5.56 Å². The van der Waals surface area contributed by atoms with Gasteiger partial charge in [0.05, 0.1) is 13.7 Å². The summed E-state index contributed by atoms with van der Waals surface area (Å²) in [4.78, 5) is 39.0. The molecule has 1 aromatic heterocycles. The van der Waals surface area contributed by atoms with Crippen molar-refractivity contribution in [3.63, 3.8) is 0 Å². The summed E-state index contributed by atoms with van der Waals surface area (Å²) in [6, 6.07) is 18.1. The summed E-state index contributed by atoms with van der Waals surface area (Å²) in [5.74, 6) is 0.412. The van der Waals surface area contributed by atoms with Crippen molar-refractivity contribution in [1.82, 2.24) is 14.0 Å². The lowest BCUT2D eigenvalue weighted by Gasteiger charge is -2.18. The second kappa shape index (κ2) is 9.05. The van der Waals surface area contributed by atoms with Crippen LogP contribution in [0.4, 0.5) is 0 Å². The minimum absolute atomic E-state index is 0.306. The first-order valence-electron chi connectivity index (χ1n) is 9.19. The van der Waals surface area contributed by atoms with Gasteiger partial charge in [0, 0.05) is 25.9 Å². The average Bonchev–Trinajstić information content (AvgIpc) is 2.74. The largest absolute Gasteiger partial charge is 0.497 e. The lowest BCUT2D eigenvalue weighted by molar-refractivity contribution is -0.131. The van der Waals surface area contributed by atoms with Crippen LogP contribution in [0.3, 0.4) is 0 Å². The first kappa shape index (κ1) is 20.1. The standard InChI is InChI=1S/C22H23N3O4/c1-23(14-18-8-10-19(29-2)11-9-18)21(27)16-25-20(26)12-13-24(22(25)28)15-17-6-4-3-5-7-17/h3-13H,14-16H2,1-2H3. The first-order chi connectivity index (χ1) is 14.0. The number of methoxy groups -OCH3 is 1. The highest BCUT2D eigenvalue weighted by molar-refractivity contribution is 5.75. The van der Waals surface area contributed by atoms with Crippen LogP contribution >= 0.6 is 0 Å². The van der Waals surface area contributed by atoms with Gasteiger partial charge in [-0.1, -0.05) is 42.5 Å². The molecule has 0 N–H and O–H groups in total. The number of rotatable bonds is 7. The molecule has 0 radical (unpaired) electrons. The van der Waals surface area contributed by atoms with E-state index in [9.17, 15) is 14.4 Å². The van der Waals surface area contributed by atoms with Crippen molar-refractivity contribution in [1.29, 1.82) is 0 Å². The number of carbonyl (C=O) groups is 1. The molecule has 1 amide bonds. The Morgan fingerprint density at radius 2 is 1.66 bits per heavy atom. The third kappa shape index (κ3) is 5.01. The van der Waals surface area contributed by atoms with Gasteiger partial charge in [-0.25, -0.2) is 4.79 Å². The molecule has 0 aliphatic carbocycles. The van der Waals surface area contributed by atoms with Crippen molar-refractivity contribution in [3.8, 4) is 5.75 Å². The van der Waals surface area contributed by atoms with E-state index < -0.39 is 11.2 Å². The number of benzene rings is 2. The van der Waals surface area contributed by atoms with Gasteiger partial charge in [-0.3, -0.25) is 18.7 Å². The maximum Gasteiger partial charge on any atom is 0.331 e. The Morgan fingerprint density at radius 1 is 0.966 bits per heavy atom. The van der Waals surface area contributed by atoms with Crippen LogP contribution in [-0.2, 0) is 24.4 Å². The molecule has 3 rings (SSSR count). The quantitative estimate of drug-likeness (QED) is 0.613. The summed E-state index contributed by atoms with van der Waals surface area (Å²) in [7, 11) is 3.23. The van der Waals surface area contributed by atoms with Crippen LogP contribution in [-0.4, -0.2) is 34.1 Å². The minimum atomic E-state index is -0.507. The van der Waals surface area contributed by atoms with Gasteiger partial charge in [-0.2, -0.15) is 0 Å². The van der Waals surface area contributed by atoms with Crippen molar-refractivity contribution in [2.45, 2.75) is 19.6 Å². The van der Waals surface area contributed by atoms with Crippen LogP contribution in [0.1, 0.15) is 11.1 Å². The normalized spacial score (nSPS) is 10.6. The highest BCUT2D eigenvalue weighted by atomic mass is 16.5. The topological polar surface area (TPSA) is 73.5 Å². The third-order valence-corrected chi connectivity index (χ3v) is 4.63.